The highest BCUT2D eigenvalue weighted by Crippen LogP contribution is 2.27. The first-order valence-electron chi connectivity index (χ1n) is 5.79. The Morgan fingerprint density at radius 1 is 1.25 bits per heavy atom. The van der Waals surface area contributed by atoms with Crippen molar-refractivity contribution in [1.29, 1.82) is 0 Å². The number of benzene rings is 1. The summed E-state index contributed by atoms with van der Waals surface area (Å²) < 4.78 is 5.68. The third-order valence-corrected chi connectivity index (χ3v) is 3.51. The highest BCUT2D eigenvalue weighted by molar-refractivity contribution is 7.22. The van der Waals surface area contributed by atoms with Gasteiger partial charge < -0.3 is 10.1 Å². The summed E-state index contributed by atoms with van der Waals surface area (Å²) in [5, 5.41) is 3.74. The van der Waals surface area contributed by atoms with E-state index in [1.54, 1.807) is 0 Å². The van der Waals surface area contributed by atoms with Crippen molar-refractivity contribution in [2.24, 2.45) is 0 Å². The quantitative estimate of drug-likeness (QED) is 0.746. The van der Waals surface area contributed by atoms with Gasteiger partial charge in [0.2, 0.25) is 0 Å². The number of rotatable bonds is 3. The lowest BCUT2D eigenvalue weighted by molar-refractivity contribution is 0.0593. The number of thiazole rings is 1. The topological polar surface area (TPSA) is 77.0 Å². The van der Waals surface area contributed by atoms with Gasteiger partial charge >= 0.3 is 5.97 Å². The van der Waals surface area contributed by atoms with Gasteiger partial charge in [0.25, 0.3) is 0 Å². The molecule has 0 unspecified atom stereocenters. The first-order valence-corrected chi connectivity index (χ1v) is 6.61. The second-order valence-corrected chi connectivity index (χ2v) is 4.92. The predicted octanol–water partition coefficient (Wildman–Crippen LogP) is 2.62. The molecule has 0 aliphatic rings. The van der Waals surface area contributed by atoms with Crippen LogP contribution in [0.1, 0.15) is 10.5 Å². The first kappa shape index (κ1) is 12.5. The van der Waals surface area contributed by atoms with Gasteiger partial charge in [-0.25, -0.2) is 14.8 Å². The summed E-state index contributed by atoms with van der Waals surface area (Å²) in [5.74, 6) is -0.0718. The van der Waals surface area contributed by atoms with Crippen molar-refractivity contribution in [2.75, 3.05) is 12.4 Å². The number of aromatic nitrogens is 3. The minimum atomic E-state index is -0.523. The molecule has 7 heteroatoms. The second-order valence-electron chi connectivity index (χ2n) is 3.89. The maximum atomic E-state index is 11.4. The minimum absolute atomic E-state index is 0.151. The minimum Gasteiger partial charge on any atom is -0.464 e. The fourth-order valence-corrected chi connectivity index (χ4v) is 2.54. The van der Waals surface area contributed by atoms with Gasteiger partial charge in [0.05, 0.1) is 29.7 Å². The van der Waals surface area contributed by atoms with Crippen molar-refractivity contribution in [3.63, 3.8) is 0 Å². The van der Waals surface area contributed by atoms with E-state index < -0.39 is 5.97 Å². The number of hydrogen-bond donors (Lipinski definition) is 1. The zero-order valence-electron chi connectivity index (χ0n) is 10.5. The Morgan fingerprint density at radius 2 is 2.10 bits per heavy atom. The van der Waals surface area contributed by atoms with Crippen molar-refractivity contribution in [2.45, 2.75) is 0 Å². The van der Waals surface area contributed by atoms with Gasteiger partial charge in [0, 0.05) is 0 Å². The standard InChI is InChI=1S/C13H10N4O2S/c1-19-12(18)9-6-14-7-11(15-9)17-13-16-8-4-2-3-5-10(8)20-13/h2-7H,1H3,(H,15,16,17). The van der Waals surface area contributed by atoms with E-state index in [0.717, 1.165) is 10.2 Å². The molecule has 0 spiro atoms. The zero-order chi connectivity index (χ0) is 13.9. The highest BCUT2D eigenvalue weighted by Gasteiger charge is 2.10. The Labute approximate surface area is 118 Å². The Bertz CT molecular complexity index is 739. The van der Waals surface area contributed by atoms with Gasteiger partial charge in [-0.15, -0.1) is 0 Å². The van der Waals surface area contributed by atoms with Crippen LogP contribution in [0.4, 0.5) is 10.9 Å². The largest absolute Gasteiger partial charge is 0.464 e. The van der Waals surface area contributed by atoms with E-state index in [1.807, 2.05) is 24.3 Å². The molecule has 1 aromatic carbocycles. The summed E-state index contributed by atoms with van der Waals surface area (Å²) in [6.07, 6.45) is 2.88. The molecule has 0 aliphatic heterocycles. The van der Waals surface area contributed by atoms with Crippen LogP contribution < -0.4 is 5.32 Å². The average molecular weight is 286 g/mol. The van der Waals surface area contributed by atoms with Crippen LogP contribution in [0.15, 0.2) is 36.7 Å². The monoisotopic (exact) mass is 286 g/mol. The third-order valence-electron chi connectivity index (χ3n) is 2.56. The molecule has 0 saturated heterocycles. The number of carbonyl (C=O) groups is 1. The first-order chi connectivity index (χ1) is 9.76. The summed E-state index contributed by atoms with van der Waals surface area (Å²) in [6, 6.07) is 7.83. The summed E-state index contributed by atoms with van der Waals surface area (Å²) >= 11 is 1.51. The summed E-state index contributed by atoms with van der Waals surface area (Å²) in [7, 11) is 1.30. The molecule has 0 fully saturated rings. The Kier molecular flexibility index (Phi) is 3.26. The molecule has 20 heavy (non-hydrogen) atoms. The fraction of sp³-hybridized carbons (Fsp3) is 0.0769. The Hall–Kier alpha value is -2.54. The SMILES string of the molecule is COC(=O)c1cncc(Nc2nc3ccccc3s2)n1. The predicted molar refractivity (Wildman–Crippen MR) is 76.3 cm³/mol. The third kappa shape index (κ3) is 2.43. The fourth-order valence-electron chi connectivity index (χ4n) is 1.66. The van der Waals surface area contributed by atoms with E-state index in [4.69, 9.17) is 0 Å². The average Bonchev–Trinajstić information content (AvgIpc) is 2.88. The van der Waals surface area contributed by atoms with Crippen LogP contribution in [-0.2, 0) is 4.74 Å². The summed E-state index contributed by atoms with van der Waals surface area (Å²) in [6.45, 7) is 0. The molecule has 2 aromatic heterocycles. The van der Waals surface area contributed by atoms with Gasteiger partial charge in [0.15, 0.2) is 16.6 Å². The number of carbonyl (C=O) groups excluding carboxylic acids is 1. The van der Waals surface area contributed by atoms with Crippen LogP contribution in [0.25, 0.3) is 10.2 Å². The van der Waals surface area contributed by atoms with Gasteiger partial charge in [-0.2, -0.15) is 0 Å². The van der Waals surface area contributed by atoms with E-state index in [1.165, 1.54) is 30.8 Å². The number of methoxy groups -OCH3 is 1. The molecule has 6 nitrogen and oxygen atoms in total. The molecule has 2 heterocycles. The summed E-state index contributed by atoms with van der Waals surface area (Å²) in [5.41, 5.74) is 1.07. The van der Waals surface area contributed by atoms with Crippen LogP contribution in [0.2, 0.25) is 0 Å². The lowest BCUT2D eigenvalue weighted by atomic mass is 10.3. The molecule has 0 radical (unpaired) electrons. The molecule has 0 amide bonds. The van der Waals surface area contributed by atoms with E-state index in [9.17, 15) is 4.79 Å². The van der Waals surface area contributed by atoms with Crippen molar-refractivity contribution < 1.29 is 9.53 Å². The smallest absolute Gasteiger partial charge is 0.358 e. The molecule has 0 atom stereocenters. The second kappa shape index (κ2) is 5.22. The van der Waals surface area contributed by atoms with Crippen LogP contribution in [-0.4, -0.2) is 28.0 Å². The molecule has 0 aliphatic carbocycles. The van der Waals surface area contributed by atoms with Crippen molar-refractivity contribution in [3.8, 4) is 0 Å². The van der Waals surface area contributed by atoms with Crippen LogP contribution in [0, 0.1) is 0 Å². The summed E-state index contributed by atoms with van der Waals surface area (Å²) in [4.78, 5) is 23.9. The zero-order valence-corrected chi connectivity index (χ0v) is 11.3. The highest BCUT2D eigenvalue weighted by atomic mass is 32.1. The number of anilines is 2. The van der Waals surface area contributed by atoms with Crippen LogP contribution in [0.3, 0.4) is 0 Å². The molecular weight excluding hydrogens is 276 g/mol. The van der Waals surface area contributed by atoms with E-state index in [-0.39, 0.29) is 5.69 Å². The van der Waals surface area contributed by atoms with Crippen molar-refractivity contribution in [1.82, 2.24) is 15.0 Å². The normalized spacial score (nSPS) is 10.4. The number of ether oxygens (including phenoxy) is 1. The van der Waals surface area contributed by atoms with E-state index in [2.05, 4.69) is 25.0 Å². The van der Waals surface area contributed by atoms with Crippen LogP contribution >= 0.6 is 11.3 Å². The molecule has 0 bridgehead atoms. The van der Waals surface area contributed by atoms with E-state index >= 15 is 0 Å². The molecular formula is C13H10N4O2S. The van der Waals surface area contributed by atoms with Crippen molar-refractivity contribution >= 4 is 38.5 Å². The molecule has 3 aromatic rings. The maximum Gasteiger partial charge on any atom is 0.358 e. The van der Waals surface area contributed by atoms with Crippen molar-refractivity contribution in [3.05, 3.63) is 42.4 Å². The number of para-hydroxylation sites is 1. The molecule has 0 saturated carbocycles. The number of hydrogen-bond acceptors (Lipinski definition) is 7. The number of nitrogens with zero attached hydrogens (tertiary/aromatic N) is 3. The van der Waals surface area contributed by atoms with Crippen LogP contribution in [0.5, 0.6) is 0 Å². The lowest BCUT2D eigenvalue weighted by Crippen LogP contribution is -2.06. The van der Waals surface area contributed by atoms with E-state index in [0.29, 0.717) is 10.9 Å². The maximum absolute atomic E-state index is 11.4. The van der Waals surface area contributed by atoms with Gasteiger partial charge in [0.1, 0.15) is 0 Å². The molecule has 100 valence electrons. The van der Waals surface area contributed by atoms with Gasteiger partial charge in [-0.3, -0.25) is 4.98 Å². The molecule has 1 N–H and O–H groups in total. The van der Waals surface area contributed by atoms with Gasteiger partial charge in [-0.05, 0) is 12.1 Å². The molecule has 3 rings (SSSR count). The number of esters is 1. The van der Waals surface area contributed by atoms with Gasteiger partial charge in [-0.1, -0.05) is 23.5 Å². The number of fused-ring (bicyclic) bond motifs is 1. The Balaban J connectivity index is 1.88. The Morgan fingerprint density at radius 3 is 2.90 bits per heavy atom. The lowest BCUT2D eigenvalue weighted by Gasteiger charge is -2.02. The number of nitrogens with one attached hydrogen (secondary N) is 1.